The Morgan fingerprint density at radius 1 is 1.19 bits per heavy atom. The minimum absolute atomic E-state index is 0.0264. The van der Waals surface area contributed by atoms with Gasteiger partial charge in [-0.3, -0.25) is 14.2 Å². The van der Waals surface area contributed by atoms with Gasteiger partial charge in [-0.25, -0.2) is 17.8 Å². The van der Waals surface area contributed by atoms with Crippen molar-refractivity contribution in [2.24, 2.45) is 0 Å². The van der Waals surface area contributed by atoms with Crippen LogP contribution in [0.1, 0.15) is 59.1 Å². The molecule has 0 bridgehead atoms. The van der Waals surface area contributed by atoms with Crippen LogP contribution in [0.5, 0.6) is 5.88 Å². The molecule has 0 saturated heterocycles. The number of sulfonamides is 1. The Balaban J connectivity index is 1.40. The Bertz CT molecular complexity index is 1890. The van der Waals surface area contributed by atoms with Gasteiger partial charge in [-0.15, -0.1) is 10.2 Å². The van der Waals surface area contributed by atoms with Crippen LogP contribution in [-0.4, -0.2) is 60.5 Å². The van der Waals surface area contributed by atoms with E-state index < -0.39 is 56.6 Å². The fourth-order valence-electron chi connectivity index (χ4n) is 5.32. The van der Waals surface area contributed by atoms with Crippen molar-refractivity contribution < 1.29 is 40.6 Å². The number of fused-ring (bicyclic) bond motifs is 2. The summed E-state index contributed by atoms with van der Waals surface area (Å²) >= 11 is 0. The molecule has 1 spiro atoms. The molecule has 0 unspecified atom stereocenters. The SMILES string of the molecule is Cc1ccc([C@@H](CC(=O)O)c2ccn3c(C(F)(F)F)nnc3c2C)nc1CN1CC2(CC2)Oc2ncc(F)cc2S1(=O)=O. The number of aromatic nitrogens is 5. The van der Waals surface area contributed by atoms with E-state index in [2.05, 4.69) is 20.2 Å². The molecule has 4 aromatic heterocycles. The maximum Gasteiger partial charge on any atom is 0.452 e. The Labute approximate surface area is 242 Å². The lowest BCUT2D eigenvalue weighted by Crippen LogP contribution is -2.38. The second kappa shape index (κ2) is 9.94. The van der Waals surface area contributed by atoms with E-state index in [0.29, 0.717) is 29.7 Å². The van der Waals surface area contributed by atoms with Crippen molar-refractivity contribution in [3.05, 3.63) is 76.4 Å². The third-order valence-electron chi connectivity index (χ3n) is 7.77. The van der Waals surface area contributed by atoms with E-state index in [1.54, 1.807) is 19.1 Å². The van der Waals surface area contributed by atoms with Crippen LogP contribution in [-0.2, 0) is 27.5 Å². The summed E-state index contributed by atoms with van der Waals surface area (Å²) in [6, 6.07) is 5.50. The van der Waals surface area contributed by atoms with E-state index in [9.17, 15) is 35.9 Å². The number of carboxylic acids is 1. The van der Waals surface area contributed by atoms with Gasteiger partial charge in [0.25, 0.3) is 0 Å². The molecule has 1 atom stereocenters. The normalized spacial score (nSPS) is 18.2. The molecule has 1 saturated carbocycles. The summed E-state index contributed by atoms with van der Waals surface area (Å²) in [5, 5.41) is 16.7. The predicted molar refractivity (Wildman–Crippen MR) is 140 cm³/mol. The Hall–Kier alpha value is -4.18. The first-order chi connectivity index (χ1) is 20.2. The van der Waals surface area contributed by atoms with Crippen molar-refractivity contribution >= 4 is 21.6 Å². The molecule has 16 heteroatoms. The molecule has 1 N–H and O–H groups in total. The number of aliphatic carboxylic acids is 1. The number of rotatable bonds is 6. The number of aryl methyl sites for hydroxylation is 2. The smallest absolute Gasteiger partial charge is 0.452 e. The molecule has 43 heavy (non-hydrogen) atoms. The third-order valence-corrected chi connectivity index (χ3v) is 9.56. The van der Waals surface area contributed by atoms with Gasteiger partial charge in [-0.2, -0.15) is 17.5 Å². The molecule has 2 aliphatic rings. The molecule has 5 heterocycles. The highest BCUT2D eigenvalue weighted by Crippen LogP contribution is 2.46. The van der Waals surface area contributed by atoms with Crippen molar-refractivity contribution in [1.29, 1.82) is 0 Å². The minimum atomic E-state index is -4.75. The van der Waals surface area contributed by atoms with E-state index in [-0.39, 0.29) is 35.9 Å². The van der Waals surface area contributed by atoms with Crippen molar-refractivity contribution in [3.63, 3.8) is 0 Å². The summed E-state index contributed by atoms with van der Waals surface area (Å²) in [5.41, 5.74) is 0.971. The van der Waals surface area contributed by atoms with Crippen LogP contribution in [0.25, 0.3) is 5.65 Å². The largest absolute Gasteiger partial charge is 0.481 e. The molecule has 0 amide bonds. The van der Waals surface area contributed by atoms with Gasteiger partial charge in [0, 0.05) is 23.9 Å². The first-order valence-electron chi connectivity index (χ1n) is 13.1. The fraction of sp³-hybridized carbons (Fsp3) is 0.370. The lowest BCUT2D eigenvalue weighted by atomic mass is 9.89. The van der Waals surface area contributed by atoms with E-state index in [0.717, 1.165) is 27.2 Å². The first kappa shape index (κ1) is 28.9. The zero-order valence-corrected chi connectivity index (χ0v) is 23.6. The standard InChI is InChI=1S/C27H24F4N6O5S/c1-14-3-4-19(18(10-22(38)39)17-5-8-37-23(15(17)2)34-35-25(37)27(29,30)31)33-20(14)12-36-13-26(6-7-26)42-24-21(43(36,40)41)9-16(28)11-32-24/h3-5,8-9,11,18H,6-7,10,12-13H2,1-2H3,(H,38,39)/t18-/m0/s1. The summed E-state index contributed by atoms with van der Waals surface area (Å²) < 4.78 is 89.5. The lowest BCUT2D eigenvalue weighted by Gasteiger charge is -2.24. The molecule has 0 radical (unpaired) electrons. The second-order valence-electron chi connectivity index (χ2n) is 10.8. The lowest BCUT2D eigenvalue weighted by molar-refractivity contribution is -0.145. The molecule has 1 aliphatic carbocycles. The van der Waals surface area contributed by atoms with Crippen LogP contribution >= 0.6 is 0 Å². The number of alkyl halides is 3. The second-order valence-corrected chi connectivity index (χ2v) is 12.7. The molecule has 4 aromatic rings. The number of carboxylic acid groups (broad SMARTS) is 1. The Morgan fingerprint density at radius 2 is 1.93 bits per heavy atom. The fourth-order valence-corrected chi connectivity index (χ4v) is 6.87. The van der Waals surface area contributed by atoms with Crippen molar-refractivity contribution in [2.45, 2.75) is 62.2 Å². The maximum absolute atomic E-state index is 14.1. The zero-order chi connectivity index (χ0) is 30.9. The number of carbonyl (C=O) groups is 1. The van der Waals surface area contributed by atoms with Gasteiger partial charge in [-0.1, -0.05) is 6.07 Å². The number of ether oxygens (including phenoxy) is 1. The van der Waals surface area contributed by atoms with Crippen LogP contribution in [0.15, 0.2) is 41.6 Å². The molecule has 1 fully saturated rings. The van der Waals surface area contributed by atoms with Gasteiger partial charge >= 0.3 is 12.1 Å². The van der Waals surface area contributed by atoms with Crippen molar-refractivity contribution in [2.75, 3.05) is 6.54 Å². The van der Waals surface area contributed by atoms with Crippen LogP contribution in [0.4, 0.5) is 17.6 Å². The van der Waals surface area contributed by atoms with Crippen LogP contribution < -0.4 is 4.74 Å². The predicted octanol–water partition coefficient (Wildman–Crippen LogP) is 4.02. The molecule has 6 rings (SSSR count). The molecule has 11 nitrogen and oxygen atoms in total. The van der Waals surface area contributed by atoms with E-state index >= 15 is 0 Å². The van der Waals surface area contributed by atoms with Crippen molar-refractivity contribution in [1.82, 2.24) is 28.9 Å². The number of pyridine rings is 3. The van der Waals surface area contributed by atoms with Gasteiger partial charge in [0.2, 0.25) is 21.7 Å². The first-order valence-corrected chi connectivity index (χ1v) is 14.6. The average Bonchev–Trinajstić information content (AvgIpc) is 3.54. The average molecular weight is 621 g/mol. The minimum Gasteiger partial charge on any atom is -0.481 e. The van der Waals surface area contributed by atoms with Gasteiger partial charge in [0.15, 0.2) is 5.65 Å². The van der Waals surface area contributed by atoms with E-state index in [1.165, 1.54) is 13.0 Å². The monoisotopic (exact) mass is 620 g/mol. The summed E-state index contributed by atoms with van der Waals surface area (Å²) in [5.74, 6) is -4.32. The van der Waals surface area contributed by atoms with E-state index in [4.69, 9.17) is 4.74 Å². The van der Waals surface area contributed by atoms with Crippen LogP contribution in [0.3, 0.4) is 0 Å². The summed E-state index contributed by atoms with van der Waals surface area (Å²) in [6.45, 7) is 2.99. The highest BCUT2D eigenvalue weighted by atomic mass is 32.2. The Morgan fingerprint density at radius 3 is 2.60 bits per heavy atom. The van der Waals surface area contributed by atoms with Gasteiger partial charge in [0.05, 0.1) is 31.4 Å². The quantitative estimate of drug-likeness (QED) is 0.317. The van der Waals surface area contributed by atoms with Gasteiger partial charge in [0.1, 0.15) is 16.3 Å². The number of hydrogen-bond donors (Lipinski definition) is 1. The van der Waals surface area contributed by atoms with Crippen LogP contribution in [0.2, 0.25) is 0 Å². The van der Waals surface area contributed by atoms with Crippen LogP contribution in [0, 0.1) is 19.7 Å². The van der Waals surface area contributed by atoms with Gasteiger partial charge in [-0.05, 0) is 55.5 Å². The summed E-state index contributed by atoms with van der Waals surface area (Å²) in [6.07, 6.45) is -2.03. The summed E-state index contributed by atoms with van der Waals surface area (Å²) in [4.78, 5) is 20.1. The number of nitrogens with zero attached hydrogens (tertiary/aromatic N) is 6. The number of hydrogen-bond acceptors (Lipinski definition) is 8. The topological polar surface area (TPSA) is 140 Å². The number of halogens is 4. The zero-order valence-electron chi connectivity index (χ0n) is 22.8. The van der Waals surface area contributed by atoms with E-state index in [1.807, 2.05) is 0 Å². The van der Waals surface area contributed by atoms with Crippen molar-refractivity contribution in [3.8, 4) is 5.88 Å². The molecule has 0 aromatic carbocycles. The third kappa shape index (κ3) is 5.18. The summed E-state index contributed by atoms with van der Waals surface area (Å²) in [7, 11) is -4.27. The van der Waals surface area contributed by atoms with Gasteiger partial charge < -0.3 is 9.84 Å². The molecular weight excluding hydrogens is 596 g/mol. The highest BCUT2D eigenvalue weighted by Gasteiger charge is 2.52. The highest BCUT2D eigenvalue weighted by molar-refractivity contribution is 7.89. The molecule has 226 valence electrons. The molecular formula is C27H24F4N6O5S. The maximum atomic E-state index is 14.1. The Kier molecular flexibility index (Phi) is 6.68. The molecule has 1 aliphatic heterocycles.